The van der Waals surface area contributed by atoms with E-state index in [1.807, 2.05) is 6.92 Å². The summed E-state index contributed by atoms with van der Waals surface area (Å²) in [4.78, 5) is 38.7. The van der Waals surface area contributed by atoms with Gasteiger partial charge in [0.2, 0.25) is 0 Å². The standard InChI is InChI=1S/C22H16Br2N2O5/c1-3-9-31-19-12-17(24)13(11-18(19)30-4-2)10-16-20(27)25-22(29)26(21(16)28)15-7-5-14(23)6-8-15/h1,5-8,10-12H,4,9H2,2H3,(H,25,27,29)/b16-10+. The molecule has 0 aromatic heterocycles. The van der Waals surface area contributed by atoms with Crippen LogP contribution in [0.5, 0.6) is 11.5 Å². The SMILES string of the molecule is C#CCOc1cc(Br)c(/C=C2\C(=O)NC(=O)N(c3ccc(Br)cc3)C2=O)cc1OCC. The number of halogens is 2. The number of terminal acetylenes is 1. The highest BCUT2D eigenvalue weighted by atomic mass is 79.9. The molecule has 1 N–H and O–H groups in total. The van der Waals surface area contributed by atoms with E-state index >= 15 is 0 Å². The van der Waals surface area contributed by atoms with E-state index in [0.29, 0.717) is 33.8 Å². The highest BCUT2D eigenvalue weighted by molar-refractivity contribution is 9.10. The van der Waals surface area contributed by atoms with Crippen LogP contribution in [0.15, 0.2) is 50.9 Å². The molecule has 1 aliphatic heterocycles. The van der Waals surface area contributed by atoms with Gasteiger partial charge in [-0.25, -0.2) is 9.69 Å². The summed E-state index contributed by atoms with van der Waals surface area (Å²) in [6.07, 6.45) is 6.63. The van der Waals surface area contributed by atoms with Crippen LogP contribution in [0.2, 0.25) is 0 Å². The number of amides is 4. The number of hydrogen-bond acceptors (Lipinski definition) is 5. The van der Waals surface area contributed by atoms with Gasteiger partial charge in [0.05, 0.1) is 12.3 Å². The van der Waals surface area contributed by atoms with Gasteiger partial charge in [0, 0.05) is 8.95 Å². The Morgan fingerprint density at radius 2 is 1.77 bits per heavy atom. The number of nitrogens with one attached hydrogen (secondary N) is 1. The van der Waals surface area contributed by atoms with Gasteiger partial charge in [0.15, 0.2) is 11.5 Å². The highest BCUT2D eigenvalue weighted by Gasteiger charge is 2.37. The predicted molar refractivity (Wildman–Crippen MR) is 123 cm³/mol. The van der Waals surface area contributed by atoms with Crippen molar-refractivity contribution in [2.75, 3.05) is 18.1 Å². The van der Waals surface area contributed by atoms with Crippen molar-refractivity contribution in [1.29, 1.82) is 0 Å². The fraction of sp³-hybridized carbons (Fsp3) is 0.136. The highest BCUT2D eigenvalue weighted by Crippen LogP contribution is 2.35. The molecule has 0 unspecified atom stereocenters. The van der Waals surface area contributed by atoms with Gasteiger partial charge in [0.25, 0.3) is 11.8 Å². The third-order valence-corrected chi connectivity index (χ3v) is 5.38. The van der Waals surface area contributed by atoms with Crippen LogP contribution in [-0.2, 0) is 9.59 Å². The van der Waals surface area contributed by atoms with Crippen LogP contribution in [-0.4, -0.2) is 31.1 Å². The van der Waals surface area contributed by atoms with Crippen molar-refractivity contribution in [2.45, 2.75) is 6.92 Å². The average Bonchev–Trinajstić information content (AvgIpc) is 2.73. The fourth-order valence-electron chi connectivity index (χ4n) is 2.80. The lowest BCUT2D eigenvalue weighted by atomic mass is 10.1. The minimum Gasteiger partial charge on any atom is -0.490 e. The number of rotatable bonds is 6. The van der Waals surface area contributed by atoms with Crippen molar-refractivity contribution < 1.29 is 23.9 Å². The first-order valence-electron chi connectivity index (χ1n) is 9.05. The van der Waals surface area contributed by atoms with E-state index in [1.54, 1.807) is 36.4 Å². The van der Waals surface area contributed by atoms with Gasteiger partial charge in [-0.1, -0.05) is 37.8 Å². The summed E-state index contributed by atoms with van der Waals surface area (Å²) in [6, 6.07) is 9.00. The zero-order valence-electron chi connectivity index (χ0n) is 16.3. The lowest BCUT2D eigenvalue weighted by Gasteiger charge is -2.26. The summed E-state index contributed by atoms with van der Waals surface area (Å²) < 4.78 is 12.4. The molecule has 2 aromatic carbocycles. The van der Waals surface area contributed by atoms with E-state index in [0.717, 1.165) is 9.37 Å². The molecule has 1 aliphatic rings. The molecule has 4 amide bonds. The van der Waals surface area contributed by atoms with Gasteiger partial charge in [-0.05, 0) is 55.0 Å². The zero-order chi connectivity index (χ0) is 22.5. The summed E-state index contributed by atoms with van der Waals surface area (Å²) in [5.41, 5.74) is 0.610. The molecule has 0 radical (unpaired) electrons. The summed E-state index contributed by atoms with van der Waals surface area (Å²) in [7, 11) is 0. The summed E-state index contributed by atoms with van der Waals surface area (Å²) in [5, 5.41) is 2.20. The van der Waals surface area contributed by atoms with E-state index < -0.39 is 17.8 Å². The van der Waals surface area contributed by atoms with Gasteiger partial charge in [-0.15, -0.1) is 6.42 Å². The molecule has 0 aliphatic carbocycles. The molecule has 1 heterocycles. The Morgan fingerprint density at radius 1 is 1.10 bits per heavy atom. The van der Waals surface area contributed by atoms with E-state index in [1.165, 1.54) is 6.08 Å². The second-order valence-electron chi connectivity index (χ2n) is 6.18. The van der Waals surface area contributed by atoms with Gasteiger partial charge in [-0.3, -0.25) is 14.9 Å². The minimum atomic E-state index is -0.818. The van der Waals surface area contributed by atoms with Crippen molar-refractivity contribution in [3.8, 4) is 23.8 Å². The number of hydrogen-bond donors (Lipinski definition) is 1. The van der Waals surface area contributed by atoms with Crippen LogP contribution in [0.1, 0.15) is 12.5 Å². The van der Waals surface area contributed by atoms with Crippen LogP contribution in [0.3, 0.4) is 0 Å². The third kappa shape index (κ3) is 4.98. The Kier molecular flexibility index (Phi) is 7.15. The molecule has 0 saturated carbocycles. The third-order valence-electron chi connectivity index (χ3n) is 4.16. The van der Waals surface area contributed by atoms with E-state index in [9.17, 15) is 14.4 Å². The maximum absolute atomic E-state index is 13.0. The van der Waals surface area contributed by atoms with Crippen LogP contribution in [0.25, 0.3) is 6.08 Å². The Bertz CT molecular complexity index is 1120. The molecular weight excluding hydrogens is 532 g/mol. The topological polar surface area (TPSA) is 84.9 Å². The quantitative estimate of drug-likeness (QED) is 0.331. The van der Waals surface area contributed by atoms with Gasteiger partial charge in [0.1, 0.15) is 12.2 Å². The molecular formula is C22H16Br2N2O5. The largest absolute Gasteiger partial charge is 0.490 e. The summed E-state index contributed by atoms with van der Waals surface area (Å²) in [6.45, 7) is 2.23. The number of ether oxygens (including phenoxy) is 2. The van der Waals surface area contributed by atoms with Crippen molar-refractivity contribution in [3.05, 3.63) is 56.5 Å². The molecule has 0 atom stereocenters. The molecule has 2 aromatic rings. The van der Waals surface area contributed by atoms with Crippen LogP contribution in [0.4, 0.5) is 10.5 Å². The normalized spacial score (nSPS) is 15.0. The molecule has 31 heavy (non-hydrogen) atoms. The Balaban J connectivity index is 2.02. The number of anilines is 1. The summed E-state index contributed by atoms with van der Waals surface area (Å²) >= 11 is 6.72. The molecule has 9 heteroatoms. The maximum Gasteiger partial charge on any atom is 0.335 e. The minimum absolute atomic E-state index is 0.0537. The number of imide groups is 2. The smallest absolute Gasteiger partial charge is 0.335 e. The molecule has 7 nitrogen and oxygen atoms in total. The monoisotopic (exact) mass is 546 g/mol. The second-order valence-corrected chi connectivity index (χ2v) is 7.95. The molecule has 1 fully saturated rings. The first kappa shape index (κ1) is 22.6. The number of nitrogens with zero attached hydrogens (tertiary/aromatic N) is 1. The average molecular weight is 548 g/mol. The Labute approximate surface area is 195 Å². The molecule has 3 rings (SSSR count). The van der Waals surface area contributed by atoms with Gasteiger partial charge in [-0.2, -0.15) is 0 Å². The molecule has 0 bridgehead atoms. The van der Waals surface area contributed by atoms with E-state index in [-0.39, 0.29) is 12.2 Å². The van der Waals surface area contributed by atoms with E-state index in [4.69, 9.17) is 15.9 Å². The second kappa shape index (κ2) is 9.81. The molecule has 0 spiro atoms. The summed E-state index contributed by atoms with van der Waals surface area (Å²) in [5.74, 6) is 1.67. The van der Waals surface area contributed by atoms with Crippen molar-refractivity contribution in [1.82, 2.24) is 5.32 Å². The number of barbiturate groups is 1. The number of carbonyl (C=O) groups excluding carboxylic acids is 3. The first-order valence-corrected chi connectivity index (χ1v) is 10.6. The van der Waals surface area contributed by atoms with Gasteiger partial charge < -0.3 is 9.47 Å². The zero-order valence-corrected chi connectivity index (χ0v) is 19.4. The Hall–Kier alpha value is -3.09. The predicted octanol–water partition coefficient (Wildman–Crippen LogP) is 4.29. The number of urea groups is 1. The van der Waals surface area contributed by atoms with Crippen LogP contribution in [0, 0.1) is 12.3 Å². The lowest BCUT2D eigenvalue weighted by molar-refractivity contribution is -0.122. The van der Waals surface area contributed by atoms with E-state index in [2.05, 4.69) is 43.1 Å². The van der Waals surface area contributed by atoms with Crippen molar-refractivity contribution in [3.63, 3.8) is 0 Å². The number of benzene rings is 2. The lowest BCUT2D eigenvalue weighted by Crippen LogP contribution is -2.54. The molecule has 1 saturated heterocycles. The molecule has 158 valence electrons. The first-order chi connectivity index (χ1) is 14.8. The van der Waals surface area contributed by atoms with Gasteiger partial charge >= 0.3 is 6.03 Å². The number of carbonyl (C=O) groups is 3. The van der Waals surface area contributed by atoms with Crippen molar-refractivity contribution >= 4 is 61.5 Å². The fourth-order valence-corrected chi connectivity index (χ4v) is 3.50. The maximum atomic E-state index is 13.0. The van der Waals surface area contributed by atoms with Crippen molar-refractivity contribution in [2.24, 2.45) is 0 Å². The van der Waals surface area contributed by atoms with Crippen LogP contribution < -0.4 is 19.7 Å². The Morgan fingerprint density at radius 3 is 2.42 bits per heavy atom. The van der Waals surface area contributed by atoms with Crippen LogP contribution >= 0.6 is 31.9 Å².